The molecule has 0 saturated heterocycles. The first-order chi connectivity index (χ1) is 8.38. The number of aliphatic hydroxyl groups excluding tert-OH is 2. The predicted octanol–water partition coefficient (Wildman–Crippen LogP) is 1.44. The van der Waals surface area contributed by atoms with E-state index in [0.29, 0.717) is 5.57 Å². The van der Waals surface area contributed by atoms with Crippen LogP contribution >= 0.6 is 11.3 Å². The molecule has 0 fully saturated rings. The van der Waals surface area contributed by atoms with E-state index in [4.69, 9.17) is 5.11 Å². The van der Waals surface area contributed by atoms with E-state index in [-0.39, 0.29) is 12.8 Å². The van der Waals surface area contributed by atoms with Crippen molar-refractivity contribution in [2.75, 3.05) is 0 Å². The zero-order chi connectivity index (χ0) is 13.7. The summed E-state index contributed by atoms with van der Waals surface area (Å²) in [6, 6.07) is 0. The predicted molar refractivity (Wildman–Crippen MR) is 69.4 cm³/mol. The summed E-state index contributed by atoms with van der Waals surface area (Å²) in [5.74, 6) is -1.08. The Balaban J connectivity index is 2.58. The van der Waals surface area contributed by atoms with Gasteiger partial charge in [-0.05, 0) is 25.5 Å². The number of aryl methyl sites for hydroxylation is 1. The summed E-state index contributed by atoms with van der Waals surface area (Å²) in [4.78, 5) is 14.6. The molecule has 0 spiro atoms. The highest BCUT2D eigenvalue weighted by Crippen LogP contribution is 2.16. The van der Waals surface area contributed by atoms with Crippen LogP contribution in [0.1, 0.15) is 30.5 Å². The van der Waals surface area contributed by atoms with Crippen LogP contribution in [0.15, 0.2) is 11.0 Å². The Labute approximate surface area is 109 Å². The third kappa shape index (κ3) is 4.95. The van der Waals surface area contributed by atoms with Crippen LogP contribution in [-0.4, -0.2) is 38.5 Å². The summed E-state index contributed by atoms with van der Waals surface area (Å²) in [5, 5.41) is 30.6. The third-order valence-corrected chi connectivity index (χ3v) is 3.24. The molecule has 0 amide bonds. The fourth-order valence-corrected chi connectivity index (χ4v) is 2.07. The van der Waals surface area contributed by atoms with Crippen molar-refractivity contribution >= 4 is 23.4 Å². The minimum absolute atomic E-state index is 0.0117. The molecule has 5 nitrogen and oxygen atoms in total. The van der Waals surface area contributed by atoms with Gasteiger partial charge in [0.25, 0.3) is 0 Å². The lowest BCUT2D eigenvalue weighted by Crippen LogP contribution is -2.21. The van der Waals surface area contributed by atoms with Crippen LogP contribution in [0.3, 0.4) is 0 Å². The number of nitrogens with zero attached hydrogens (tertiary/aromatic N) is 1. The van der Waals surface area contributed by atoms with Crippen molar-refractivity contribution < 1.29 is 20.1 Å². The van der Waals surface area contributed by atoms with Crippen LogP contribution in [0.25, 0.3) is 6.08 Å². The highest BCUT2D eigenvalue weighted by Gasteiger charge is 2.16. The average Bonchev–Trinajstić information content (AvgIpc) is 2.62. The van der Waals surface area contributed by atoms with Gasteiger partial charge in [-0.25, -0.2) is 4.98 Å². The molecule has 100 valence electrons. The van der Waals surface area contributed by atoms with Gasteiger partial charge >= 0.3 is 5.97 Å². The number of aliphatic hydroxyl groups is 2. The molecule has 0 aliphatic heterocycles. The second-order valence-corrected chi connectivity index (χ2v) is 5.25. The molecule has 6 heteroatoms. The van der Waals surface area contributed by atoms with Gasteiger partial charge in [0.1, 0.15) is 0 Å². The van der Waals surface area contributed by atoms with Crippen LogP contribution < -0.4 is 0 Å². The maximum atomic E-state index is 10.4. The van der Waals surface area contributed by atoms with Crippen molar-refractivity contribution in [1.29, 1.82) is 0 Å². The monoisotopic (exact) mass is 271 g/mol. The number of thiazole rings is 1. The minimum atomic E-state index is -1.08. The maximum absolute atomic E-state index is 10.4. The fourth-order valence-electron chi connectivity index (χ4n) is 1.50. The van der Waals surface area contributed by atoms with Gasteiger partial charge in [0.05, 0.1) is 29.3 Å². The lowest BCUT2D eigenvalue weighted by molar-refractivity contribution is -0.139. The first-order valence-electron chi connectivity index (χ1n) is 5.56. The standard InChI is InChI=1S/C12H17NO4S/c1-7(3-9-6-18-8(2)13-9)11(15)4-10(14)5-12(16)17/h3,6,10-11,14-15H,4-5H2,1-2H3,(H,16,17)/t10-,11+/m0/s1. The van der Waals surface area contributed by atoms with Crippen LogP contribution in [0.5, 0.6) is 0 Å². The smallest absolute Gasteiger partial charge is 0.305 e. The Hall–Kier alpha value is -1.24. The van der Waals surface area contributed by atoms with E-state index in [1.807, 2.05) is 12.3 Å². The van der Waals surface area contributed by atoms with Crippen molar-refractivity contribution in [3.05, 3.63) is 21.7 Å². The molecule has 0 radical (unpaired) electrons. The molecule has 0 aliphatic rings. The normalized spacial score (nSPS) is 15.4. The number of rotatable bonds is 6. The number of aliphatic carboxylic acids is 1. The molecule has 0 unspecified atom stereocenters. The van der Waals surface area contributed by atoms with E-state index in [1.165, 1.54) is 11.3 Å². The molecule has 2 atom stereocenters. The molecule has 0 bridgehead atoms. The van der Waals surface area contributed by atoms with Gasteiger partial charge in [0.2, 0.25) is 0 Å². The van der Waals surface area contributed by atoms with Gasteiger partial charge in [-0.15, -0.1) is 11.3 Å². The van der Waals surface area contributed by atoms with Crippen molar-refractivity contribution in [1.82, 2.24) is 4.98 Å². The minimum Gasteiger partial charge on any atom is -0.481 e. The van der Waals surface area contributed by atoms with E-state index in [2.05, 4.69) is 4.98 Å². The Morgan fingerprint density at radius 2 is 2.22 bits per heavy atom. The SMILES string of the molecule is CC(=Cc1csc(C)n1)[C@H](O)C[C@H](O)CC(=O)O. The zero-order valence-electron chi connectivity index (χ0n) is 10.3. The second kappa shape index (κ2) is 6.63. The van der Waals surface area contributed by atoms with Gasteiger partial charge in [-0.3, -0.25) is 4.79 Å². The number of hydrogen-bond donors (Lipinski definition) is 3. The maximum Gasteiger partial charge on any atom is 0.305 e. The van der Waals surface area contributed by atoms with Gasteiger partial charge in [0, 0.05) is 11.8 Å². The Morgan fingerprint density at radius 3 is 2.72 bits per heavy atom. The van der Waals surface area contributed by atoms with Crippen molar-refractivity contribution in [3.63, 3.8) is 0 Å². The van der Waals surface area contributed by atoms with E-state index < -0.39 is 18.2 Å². The number of aromatic nitrogens is 1. The summed E-state index contributed by atoms with van der Waals surface area (Å²) in [5.41, 5.74) is 1.42. The van der Waals surface area contributed by atoms with E-state index in [1.54, 1.807) is 13.0 Å². The molecule has 1 aromatic heterocycles. The van der Waals surface area contributed by atoms with E-state index >= 15 is 0 Å². The number of carbonyl (C=O) groups is 1. The zero-order valence-corrected chi connectivity index (χ0v) is 11.1. The lowest BCUT2D eigenvalue weighted by Gasteiger charge is -2.14. The summed E-state index contributed by atoms with van der Waals surface area (Å²) in [6.45, 7) is 3.62. The quantitative estimate of drug-likeness (QED) is 0.728. The summed E-state index contributed by atoms with van der Waals surface area (Å²) < 4.78 is 0. The first kappa shape index (κ1) is 14.8. The van der Waals surface area contributed by atoms with Crippen molar-refractivity contribution in [3.8, 4) is 0 Å². The summed E-state index contributed by atoms with van der Waals surface area (Å²) in [7, 11) is 0. The van der Waals surface area contributed by atoms with Crippen LogP contribution in [0.2, 0.25) is 0 Å². The Morgan fingerprint density at radius 1 is 1.56 bits per heavy atom. The van der Waals surface area contributed by atoms with Crippen molar-refractivity contribution in [2.24, 2.45) is 0 Å². The number of carboxylic acids is 1. The van der Waals surface area contributed by atoms with Gasteiger partial charge < -0.3 is 15.3 Å². The van der Waals surface area contributed by atoms with Gasteiger partial charge in [-0.2, -0.15) is 0 Å². The van der Waals surface area contributed by atoms with Crippen molar-refractivity contribution in [2.45, 2.75) is 38.9 Å². The molecule has 0 aliphatic carbocycles. The van der Waals surface area contributed by atoms with Gasteiger partial charge in [0.15, 0.2) is 0 Å². The number of hydrogen-bond acceptors (Lipinski definition) is 5. The van der Waals surface area contributed by atoms with E-state index in [9.17, 15) is 15.0 Å². The highest BCUT2D eigenvalue weighted by atomic mass is 32.1. The molecule has 1 aromatic rings. The molecule has 0 aromatic carbocycles. The summed E-state index contributed by atoms with van der Waals surface area (Å²) in [6.07, 6.45) is -0.515. The van der Waals surface area contributed by atoms with E-state index in [0.717, 1.165) is 10.7 Å². The van der Waals surface area contributed by atoms with Crippen LogP contribution in [-0.2, 0) is 4.79 Å². The second-order valence-electron chi connectivity index (χ2n) is 4.18. The molecule has 18 heavy (non-hydrogen) atoms. The molecular formula is C12H17NO4S. The molecule has 3 N–H and O–H groups in total. The fraction of sp³-hybridized carbons (Fsp3) is 0.500. The molecular weight excluding hydrogens is 254 g/mol. The summed E-state index contributed by atoms with van der Waals surface area (Å²) >= 11 is 1.52. The average molecular weight is 271 g/mol. The molecule has 0 saturated carbocycles. The topological polar surface area (TPSA) is 90.7 Å². The Kier molecular flexibility index (Phi) is 5.46. The van der Waals surface area contributed by atoms with Crippen LogP contribution in [0.4, 0.5) is 0 Å². The Bertz CT molecular complexity index is 441. The van der Waals surface area contributed by atoms with Gasteiger partial charge in [-0.1, -0.05) is 0 Å². The molecule has 1 heterocycles. The third-order valence-electron chi connectivity index (χ3n) is 2.44. The van der Waals surface area contributed by atoms with Crippen LogP contribution in [0, 0.1) is 6.92 Å². The highest BCUT2D eigenvalue weighted by molar-refractivity contribution is 7.09. The largest absolute Gasteiger partial charge is 0.481 e. The molecule has 1 rings (SSSR count). The lowest BCUT2D eigenvalue weighted by atomic mass is 10.0. The number of carboxylic acid groups (broad SMARTS) is 1. The first-order valence-corrected chi connectivity index (χ1v) is 6.44.